The molecule has 2 atom stereocenters. The molecule has 0 amide bonds. The minimum absolute atomic E-state index is 0.495. The normalized spacial score (nSPS) is 27.6. The molecule has 1 N–H and O–H groups in total. The number of rotatable bonds is 5. The fraction of sp³-hybridized carbons (Fsp3) is 0.714. The average molecular weight is 250 g/mol. The molecule has 0 saturated heterocycles. The second-order valence-electron chi connectivity index (χ2n) is 5.55. The number of aromatic nitrogens is 2. The monoisotopic (exact) mass is 250 g/mol. The fourth-order valence-electron chi connectivity index (χ4n) is 3.13. The van der Waals surface area contributed by atoms with Gasteiger partial charge in [0.25, 0.3) is 0 Å². The van der Waals surface area contributed by atoms with Gasteiger partial charge in [-0.25, -0.2) is 0 Å². The Morgan fingerprint density at radius 3 is 2.94 bits per heavy atom. The van der Waals surface area contributed by atoms with Crippen LogP contribution in [0.1, 0.15) is 44.7 Å². The van der Waals surface area contributed by atoms with E-state index in [2.05, 4.69) is 12.0 Å². The van der Waals surface area contributed by atoms with E-state index in [-0.39, 0.29) is 0 Å². The Hall–Kier alpha value is -1.32. The average Bonchev–Trinajstić information content (AvgIpc) is 2.94. The number of aliphatic carboxylic acids is 1. The fourth-order valence-corrected chi connectivity index (χ4v) is 3.13. The molecular formula is C14H22N2O2. The molecule has 1 aromatic heterocycles. The van der Waals surface area contributed by atoms with Crippen molar-refractivity contribution in [1.29, 1.82) is 0 Å². The van der Waals surface area contributed by atoms with E-state index in [4.69, 9.17) is 0 Å². The minimum Gasteiger partial charge on any atom is -0.481 e. The van der Waals surface area contributed by atoms with E-state index in [1.807, 2.05) is 17.8 Å². The lowest BCUT2D eigenvalue weighted by atomic mass is 9.80. The molecule has 0 bridgehead atoms. The van der Waals surface area contributed by atoms with Crippen LogP contribution in [0.15, 0.2) is 12.3 Å². The summed E-state index contributed by atoms with van der Waals surface area (Å²) < 4.78 is 1.84. The lowest BCUT2D eigenvalue weighted by molar-refractivity contribution is -0.149. The van der Waals surface area contributed by atoms with Gasteiger partial charge in [-0.2, -0.15) is 5.10 Å². The molecule has 2 rings (SSSR count). The Bertz CT molecular complexity index is 427. The lowest BCUT2D eigenvalue weighted by Gasteiger charge is -2.24. The maximum absolute atomic E-state index is 11.6. The summed E-state index contributed by atoms with van der Waals surface area (Å²) in [5, 5.41) is 13.7. The molecule has 1 fully saturated rings. The van der Waals surface area contributed by atoms with E-state index in [0.29, 0.717) is 5.92 Å². The van der Waals surface area contributed by atoms with Crippen molar-refractivity contribution in [2.75, 3.05) is 0 Å². The molecule has 18 heavy (non-hydrogen) atoms. The molecule has 4 nitrogen and oxygen atoms in total. The van der Waals surface area contributed by atoms with Crippen LogP contribution in [-0.4, -0.2) is 20.9 Å². The highest BCUT2D eigenvalue weighted by atomic mass is 16.4. The number of carboxylic acid groups (broad SMARTS) is 1. The zero-order valence-electron chi connectivity index (χ0n) is 11.2. The number of hydrogen-bond donors (Lipinski definition) is 1. The van der Waals surface area contributed by atoms with Gasteiger partial charge in [0, 0.05) is 18.9 Å². The summed E-state index contributed by atoms with van der Waals surface area (Å²) in [4.78, 5) is 11.6. The smallest absolute Gasteiger partial charge is 0.309 e. The number of aryl methyl sites for hydroxylation is 2. The van der Waals surface area contributed by atoms with E-state index in [1.165, 1.54) is 0 Å². The predicted molar refractivity (Wildman–Crippen MR) is 69.2 cm³/mol. The van der Waals surface area contributed by atoms with Crippen LogP contribution in [0.25, 0.3) is 0 Å². The summed E-state index contributed by atoms with van der Waals surface area (Å²) in [5.74, 6) is -0.0201. The zero-order valence-corrected chi connectivity index (χ0v) is 11.2. The largest absolute Gasteiger partial charge is 0.481 e. The highest BCUT2D eigenvalue weighted by molar-refractivity contribution is 5.75. The van der Waals surface area contributed by atoms with Crippen molar-refractivity contribution in [2.24, 2.45) is 18.4 Å². The molecule has 4 heteroatoms. The molecule has 0 spiro atoms. The predicted octanol–water partition coefficient (Wildman–Crippen LogP) is 2.63. The van der Waals surface area contributed by atoms with Gasteiger partial charge in [0.15, 0.2) is 0 Å². The van der Waals surface area contributed by atoms with Gasteiger partial charge in [0.1, 0.15) is 0 Å². The maximum atomic E-state index is 11.6. The van der Waals surface area contributed by atoms with Crippen LogP contribution in [0.4, 0.5) is 0 Å². The van der Waals surface area contributed by atoms with Crippen molar-refractivity contribution in [3.8, 4) is 0 Å². The number of carboxylic acids is 1. The van der Waals surface area contributed by atoms with Gasteiger partial charge in [0.2, 0.25) is 0 Å². The van der Waals surface area contributed by atoms with Crippen LogP contribution in [-0.2, 0) is 18.3 Å². The second-order valence-corrected chi connectivity index (χ2v) is 5.55. The first kappa shape index (κ1) is 13.1. The third-order valence-corrected chi connectivity index (χ3v) is 4.52. The number of hydrogen-bond acceptors (Lipinski definition) is 2. The Morgan fingerprint density at radius 1 is 1.67 bits per heavy atom. The van der Waals surface area contributed by atoms with E-state index in [1.54, 1.807) is 6.20 Å². The SMILES string of the molecule is CCC1CCC(CCc2ccnn2C)(C(=O)O)C1. The van der Waals surface area contributed by atoms with Crippen molar-refractivity contribution in [1.82, 2.24) is 9.78 Å². The third kappa shape index (κ3) is 2.42. The van der Waals surface area contributed by atoms with Crippen molar-refractivity contribution in [3.05, 3.63) is 18.0 Å². The first-order chi connectivity index (χ1) is 8.57. The van der Waals surface area contributed by atoms with E-state index in [9.17, 15) is 9.90 Å². The molecule has 1 aromatic rings. The quantitative estimate of drug-likeness (QED) is 0.874. The second kappa shape index (κ2) is 5.12. The van der Waals surface area contributed by atoms with Crippen LogP contribution in [0.5, 0.6) is 0 Å². The summed E-state index contributed by atoms with van der Waals surface area (Å²) in [6, 6.07) is 1.97. The van der Waals surface area contributed by atoms with Crippen LogP contribution in [0.3, 0.4) is 0 Å². The number of carbonyl (C=O) groups is 1. The zero-order chi connectivity index (χ0) is 13.2. The first-order valence-corrected chi connectivity index (χ1v) is 6.77. The molecule has 100 valence electrons. The topological polar surface area (TPSA) is 55.1 Å². The molecule has 0 aliphatic heterocycles. The summed E-state index contributed by atoms with van der Waals surface area (Å²) in [6.07, 6.45) is 7.15. The summed E-state index contributed by atoms with van der Waals surface area (Å²) in [5.41, 5.74) is 0.626. The van der Waals surface area contributed by atoms with Crippen molar-refractivity contribution in [2.45, 2.75) is 45.4 Å². The number of nitrogens with zero attached hydrogens (tertiary/aromatic N) is 2. The molecule has 1 aliphatic rings. The van der Waals surface area contributed by atoms with E-state index >= 15 is 0 Å². The van der Waals surface area contributed by atoms with Gasteiger partial charge in [0.05, 0.1) is 5.41 Å². The third-order valence-electron chi connectivity index (χ3n) is 4.52. The molecule has 1 aliphatic carbocycles. The highest BCUT2D eigenvalue weighted by Gasteiger charge is 2.44. The Morgan fingerprint density at radius 2 is 2.44 bits per heavy atom. The van der Waals surface area contributed by atoms with E-state index in [0.717, 1.165) is 44.2 Å². The Balaban J connectivity index is 2.04. The van der Waals surface area contributed by atoms with Gasteiger partial charge < -0.3 is 5.11 Å². The summed E-state index contributed by atoms with van der Waals surface area (Å²) in [7, 11) is 1.91. The van der Waals surface area contributed by atoms with Crippen molar-refractivity contribution < 1.29 is 9.90 Å². The van der Waals surface area contributed by atoms with Crippen LogP contribution < -0.4 is 0 Å². The summed E-state index contributed by atoms with van der Waals surface area (Å²) in [6.45, 7) is 2.16. The van der Waals surface area contributed by atoms with Gasteiger partial charge in [-0.05, 0) is 44.1 Å². The molecule has 0 aromatic carbocycles. The Kier molecular flexibility index (Phi) is 3.73. The summed E-state index contributed by atoms with van der Waals surface area (Å²) >= 11 is 0. The van der Waals surface area contributed by atoms with Gasteiger partial charge >= 0.3 is 5.97 Å². The standard InChI is InChI=1S/C14H22N2O2/c1-3-11-4-7-14(10-11,13(17)18)8-5-12-6-9-15-16(12)2/h6,9,11H,3-5,7-8,10H2,1-2H3,(H,17,18). The van der Waals surface area contributed by atoms with Crippen LogP contribution >= 0.6 is 0 Å². The highest BCUT2D eigenvalue weighted by Crippen LogP contribution is 2.46. The van der Waals surface area contributed by atoms with Gasteiger partial charge in [-0.1, -0.05) is 13.3 Å². The minimum atomic E-state index is -0.611. The molecule has 1 heterocycles. The molecule has 0 radical (unpaired) electrons. The van der Waals surface area contributed by atoms with Gasteiger partial charge in [-0.3, -0.25) is 9.48 Å². The Labute approximate surface area is 108 Å². The van der Waals surface area contributed by atoms with Crippen molar-refractivity contribution >= 4 is 5.97 Å². The van der Waals surface area contributed by atoms with Gasteiger partial charge in [-0.15, -0.1) is 0 Å². The lowest BCUT2D eigenvalue weighted by Crippen LogP contribution is -2.29. The van der Waals surface area contributed by atoms with Crippen molar-refractivity contribution in [3.63, 3.8) is 0 Å². The van der Waals surface area contributed by atoms with Crippen LogP contribution in [0, 0.1) is 11.3 Å². The first-order valence-electron chi connectivity index (χ1n) is 6.77. The molecular weight excluding hydrogens is 228 g/mol. The van der Waals surface area contributed by atoms with Crippen LogP contribution in [0.2, 0.25) is 0 Å². The molecule has 1 saturated carbocycles. The maximum Gasteiger partial charge on any atom is 0.309 e. The van der Waals surface area contributed by atoms with E-state index < -0.39 is 11.4 Å². The molecule has 2 unspecified atom stereocenters.